The molecule has 2 aromatic heterocycles. The van der Waals surface area contributed by atoms with E-state index in [0.29, 0.717) is 34.7 Å². The molecule has 32 heavy (non-hydrogen) atoms. The summed E-state index contributed by atoms with van der Waals surface area (Å²) < 4.78 is 29.3. The van der Waals surface area contributed by atoms with Gasteiger partial charge in [-0.1, -0.05) is 37.6 Å². The van der Waals surface area contributed by atoms with Gasteiger partial charge < -0.3 is 4.90 Å². The zero-order valence-electron chi connectivity index (χ0n) is 17.9. The molecule has 170 valence electrons. The maximum absolute atomic E-state index is 13.0. The van der Waals surface area contributed by atoms with Crippen LogP contribution in [0.1, 0.15) is 37.4 Å². The summed E-state index contributed by atoms with van der Waals surface area (Å²) in [4.78, 5) is 19.6. The highest BCUT2D eigenvalue weighted by Crippen LogP contribution is 2.24. The quantitative estimate of drug-likeness (QED) is 0.485. The van der Waals surface area contributed by atoms with Gasteiger partial charge >= 0.3 is 0 Å². The third kappa shape index (κ3) is 4.47. The van der Waals surface area contributed by atoms with E-state index in [1.165, 1.54) is 21.7 Å². The van der Waals surface area contributed by atoms with Gasteiger partial charge in [0.1, 0.15) is 0 Å². The molecule has 10 heteroatoms. The number of halogens is 1. The first kappa shape index (κ1) is 23.0. The van der Waals surface area contributed by atoms with Gasteiger partial charge in [-0.05, 0) is 36.1 Å². The topological polar surface area (TPSA) is 75.0 Å². The molecule has 1 atom stereocenters. The van der Waals surface area contributed by atoms with Crippen LogP contribution < -0.4 is 0 Å². The van der Waals surface area contributed by atoms with E-state index in [4.69, 9.17) is 11.6 Å². The van der Waals surface area contributed by atoms with E-state index in [1.54, 1.807) is 23.1 Å². The molecule has 1 aliphatic rings. The first-order chi connectivity index (χ1) is 15.3. The fourth-order valence-electron chi connectivity index (χ4n) is 3.68. The number of benzene rings is 1. The van der Waals surface area contributed by atoms with Crippen LogP contribution in [0.15, 0.2) is 46.8 Å². The summed E-state index contributed by atoms with van der Waals surface area (Å²) >= 11 is 7.63. The van der Waals surface area contributed by atoms with Gasteiger partial charge in [-0.15, -0.1) is 11.3 Å². The molecular weight excluding hydrogens is 468 g/mol. The van der Waals surface area contributed by atoms with E-state index < -0.39 is 10.0 Å². The monoisotopic (exact) mass is 492 g/mol. The van der Waals surface area contributed by atoms with Crippen LogP contribution in [0.2, 0.25) is 5.15 Å². The largest absolute Gasteiger partial charge is 0.337 e. The third-order valence-electron chi connectivity index (χ3n) is 5.89. The molecule has 0 saturated carbocycles. The number of piperazine rings is 1. The molecule has 4 rings (SSSR count). The number of carbonyl (C=O) groups is 1. The van der Waals surface area contributed by atoms with Gasteiger partial charge in [-0.3, -0.25) is 9.20 Å². The van der Waals surface area contributed by atoms with Crippen molar-refractivity contribution in [3.63, 3.8) is 0 Å². The number of aromatic nitrogens is 2. The number of imidazole rings is 1. The van der Waals surface area contributed by atoms with Crippen molar-refractivity contribution in [1.82, 2.24) is 18.6 Å². The van der Waals surface area contributed by atoms with Crippen molar-refractivity contribution in [2.45, 2.75) is 31.1 Å². The van der Waals surface area contributed by atoms with Gasteiger partial charge in [0.25, 0.3) is 0 Å². The zero-order valence-corrected chi connectivity index (χ0v) is 20.3. The second-order valence-corrected chi connectivity index (χ2v) is 11.0. The highest BCUT2D eigenvalue weighted by Gasteiger charge is 2.29. The summed E-state index contributed by atoms with van der Waals surface area (Å²) in [5.74, 6) is 0.212. The van der Waals surface area contributed by atoms with Crippen molar-refractivity contribution in [3.05, 3.63) is 58.3 Å². The Hall–Kier alpha value is -2.20. The molecule has 1 aromatic carbocycles. The molecule has 1 saturated heterocycles. The number of rotatable bonds is 6. The second kappa shape index (κ2) is 9.35. The van der Waals surface area contributed by atoms with E-state index in [2.05, 4.69) is 18.8 Å². The first-order valence-corrected chi connectivity index (χ1v) is 13.2. The minimum Gasteiger partial charge on any atom is -0.337 e. The fourth-order valence-corrected chi connectivity index (χ4v) is 6.11. The Morgan fingerprint density at radius 3 is 2.56 bits per heavy atom. The Bertz CT molecular complexity index is 1240. The number of sulfonamides is 1. The molecule has 1 unspecified atom stereocenters. The van der Waals surface area contributed by atoms with Crippen LogP contribution in [0.25, 0.3) is 11.0 Å². The Labute approximate surface area is 197 Å². The normalized spacial score (nSPS) is 16.8. The van der Waals surface area contributed by atoms with E-state index in [9.17, 15) is 13.2 Å². The lowest BCUT2D eigenvalue weighted by Gasteiger charge is -2.33. The SMILES string of the molecule is CCC(C)c1ccc(S(=O)(=O)N2CCN(C(=O)/C=C/c3c(Cl)nc4sccn34)CC2)cc1. The maximum Gasteiger partial charge on any atom is 0.246 e. The number of amides is 1. The Kier molecular flexibility index (Phi) is 6.71. The molecule has 3 aromatic rings. The number of nitrogens with zero attached hydrogens (tertiary/aromatic N) is 4. The van der Waals surface area contributed by atoms with Gasteiger partial charge in [0, 0.05) is 43.8 Å². The van der Waals surface area contributed by atoms with Crippen LogP contribution in [-0.2, 0) is 14.8 Å². The molecule has 7 nitrogen and oxygen atoms in total. The molecule has 0 aliphatic carbocycles. The number of hydrogen-bond donors (Lipinski definition) is 0. The van der Waals surface area contributed by atoms with Gasteiger partial charge in [-0.25, -0.2) is 13.4 Å². The van der Waals surface area contributed by atoms with Crippen LogP contribution in [0.3, 0.4) is 0 Å². The molecule has 3 heterocycles. The molecule has 0 bridgehead atoms. The van der Waals surface area contributed by atoms with Crippen molar-refractivity contribution in [1.29, 1.82) is 0 Å². The second-order valence-electron chi connectivity index (χ2n) is 7.78. The van der Waals surface area contributed by atoms with Gasteiger partial charge in [-0.2, -0.15) is 4.31 Å². The Morgan fingerprint density at radius 2 is 1.91 bits per heavy atom. The van der Waals surface area contributed by atoms with Crippen LogP contribution in [-0.4, -0.2) is 59.1 Å². The Morgan fingerprint density at radius 1 is 1.22 bits per heavy atom. The van der Waals surface area contributed by atoms with E-state index >= 15 is 0 Å². The van der Waals surface area contributed by atoms with Crippen molar-refractivity contribution in [2.75, 3.05) is 26.2 Å². The van der Waals surface area contributed by atoms with Crippen molar-refractivity contribution in [2.24, 2.45) is 0 Å². The number of carbonyl (C=O) groups excluding carboxylic acids is 1. The van der Waals surface area contributed by atoms with Crippen molar-refractivity contribution >= 4 is 49.9 Å². The van der Waals surface area contributed by atoms with E-state index in [0.717, 1.165) is 16.9 Å². The molecule has 0 spiro atoms. The zero-order chi connectivity index (χ0) is 22.9. The molecule has 0 N–H and O–H groups in total. The van der Waals surface area contributed by atoms with Crippen molar-refractivity contribution in [3.8, 4) is 0 Å². The third-order valence-corrected chi connectivity index (χ3v) is 8.84. The summed E-state index contributed by atoms with van der Waals surface area (Å²) in [6, 6.07) is 7.13. The highest BCUT2D eigenvalue weighted by atomic mass is 35.5. The van der Waals surface area contributed by atoms with Crippen molar-refractivity contribution < 1.29 is 13.2 Å². The summed E-state index contributed by atoms with van der Waals surface area (Å²) in [7, 11) is -3.58. The lowest BCUT2D eigenvalue weighted by atomic mass is 9.99. The van der Waals surface area contributed by atoms with Crippen LogP contribution in [0.4, 0.5) is 0 Å². The van der Waals surface area contributed by atoms with Gasteiger partial charge in [0.2, 0.25) is 15.9 Å². The molecule has 0 radical (unpaired) electrons. The molecule has 1 aliphatic heterocycles. The number of fused-ring (bicyclic) bond motifs is 1. The summed E-state index contributed by atoms with van der Waals surface area (Å²) in [5.41, 5.74) is 1.78. The Balaban J connectivity index is 1.39. The lowest BCUT2D eigenvalue weighted by molar-refractivity contribution is -0.127. The number of thiazole rings is 1. The highest BCUT2D eigenvalue weighted by molar-refractivity contribution is 7.89. The average Bonchev–Trinajstić information content (AvgIpc) is 3.37. The van der Waals surface area contributed by atoms with Gasteiger partial charge in [0.05, 0.1) is 10.6 Å². The standard InChI is InChI=1S/C22H25ClN4O3S2/c1-3-16(2)17-4-6-18(7-5-17)32(29,30)26-12-10-25(11-13-26)20(28)9-8-19-21(23)24-22-27(19)14-15-31-22/h4-9,14-16H,3,10-13H2,1-2H3/b9-8+. The summed E-state index contributed by atoms with van der Waals surface area (Å²) in [6.07, 6.45) is 5.97. The van der Waals surface area contributed by atoms with Crippen LogP contribution in [0, 0.1) is 0 Å². The van der Waals surface area contributed by atoms with Gasteiger partial charge in [0.15, 0.2) is 10.1 Å². The minimum atomic E-state index is -3.58. The predicted octanol–water partition coefficient (Wildman–Crippen LogP) is 4.11. The molecule has 1 amide bonds. The predicted molar refractivity (Wildman–Crippen MR) is 128 cm³/mol. The number of hydrogen-bond acceptors (Lipinski definition) is 5. The average molecular weight is 493 g/mol. The summed E-state index contributed by atoms with van der Waals surface area (Å²) in [6.45, 7) is 5.42. The maximum atomic E-state index is 13.0. The first-order valence-electron chi connectivity index (χ1n) is 10.5. The van der Waals surface area contributed by atoms with Crippen LogP contribution >= 0.6 is 22.9 Å². The van der Waals surface area contributed by atoms with E-state index in [-0.39, 0.29) is 19.0 Å². The molecule has 1 fully saturated rings. The smallest absolute Gasteiger partial charge is 0.246 e. The lowest BCUT2D eigenvalue weighted by Crippen LogP contribution is -2.50. The fraction of sp³-hybridized carbons (Fsp3) is 0.364. The van der Waals surface area contributed by atoms with E-state index in [1.807, 2.05) is 28.1 Å². The van der Waals surface area contributed by atoms with Crippen LogP contribution in [0.5, 0.6) is 0 Å². The molecular formula is C22H25ClN4O3S2. The minimum absolute atomic E-state index is 0.179. The summed E-state index contributed by atoms with van der Waals surface area (Å²) in [5, 5.41) is 2.24.